The molecule has 2 saturated carbocycles. The van der Waals surface area contributed by atoms with Crippen molar-refractivity contribution in [3.63, 3.8) is 0 Å². The van der Waals surface area contributed by atoms with Gasteiger partial charge in [0, 0.05) is 12.1 Å². The first-order valence-electron chi connectivity index (χ1n) is 13.1. The SMILES string of the molecule is CC.CC.CC(C)CC1CCCCC1.CC(C)CC1CCCCC1NC(C)C. The first-order chi connectivity index (χ1) is 13.4. The molecule has 172 valence electrons. The van der Waals surface area contributed by atoms with Crippen molar-refractivity contribution in [2.24, 2.45) is 23.7 Å². The van der Waals surface area contributed by atoms with Crippen molar-refractivity contribution in [3.8, 4) is 0 Å². The largest absolute Gasteiger partial charge is 0.312 e. The lowest BCUT2D eigenvalue weighted by Gasteiger charge is -2.34. The molecule has 2 aliphatic carbocycles. The van der Waals surface area contributed by atoms with Gasteiger partial charge in [-0.1, -0.05) is 114 Å². The average molecular weight is 398 g/mol. The van der Waals surface area contributed by atoms with Crippen LogP contribution < -0.4 is 5.32 Å². The summed E-state index contributed by atoms with van der Waals surface area (Å²) in [5.41, 5.74) is 0. The molecule has 2 unspecified atom stereocenters. The Morgan fingerprint density at radius 2 is 1.07 bits per heavy atom. The van der Waals surface area contributed by atoms with E-state index in [1.54, 1.807) is 0 Å². The molecule has 0 amide bonds. The van der Waals surface area contributed by atoms with E-state index in [1.807, 2.05) is 27.7 Å². The standard InChI is InChI=1S/C13H27N.C10H20.2C2H6/c1-10(2)9-12-7-5-6-8-13(12)14-11(3)4;1-9(2)8-10-6-4-3-5-7-10;2*1-2/h10-14H,5-9H2,1-4H3;9-10H,3-8H2,1-2H3;2*1-2H3. The molecule has 0 aromatic heterocycles. The Bertz CT molecular complexity index is 271. The third kappa shape index (κ3) is 16.9. The predicted octanol–water partition coefficient (Wildman–Crippen LogP) is 9.25. The van der Waals surface area contributed by atoms with Crippen molar-refractivity contribution in [2.75, 3.05) is 0 Å². The second-order valence-electron chi connectivity index (χ2n) is 9.74. The molecule has 1 heteroatoms. The Hall–Kier alpha value is -0.0400. The number of hydrogen-bond acceptors (Lipinski definition) is 1. The highest BCUT2D eigenvalue weighted by molar-refractivity contribution is 4.82. The molecule has 0 radical (unpaired) electrons. The van der Waals surface area contributed by atoms with Crippen LogP contribution in [0.2, 0.25) is 0 Å². The number of nitrogens with one attached hydrogen (secondary N) is 1. The third-order valence-electron chi connectivity index (χ3n) is 5.76. The molecule has 0 aromatic carbocycles. The maximum Gasteiger partial charge on any atom is 0.00977 e. The van der Waals surface area contributed by atoms with Crippen LogP contribution in [0.5, 0.6) is 0 Å². The highest BCUT2D eigenvalue weighted by Crippen LogP contribution is 2.30. The first kappa shape index (κ1) is 30.2. The van der Waals surface area contributed by atoms with E-state index < -0.39 is 0 Å². The topological polar surface area (TPSA) is 12.0 Å². The quantitative estimate of drug-likeness (QED) is 0.470. The minimum atomic E-state index is 0.646. The fourth-order valence-electron chi connectivity index (χ4n) is 4.83. The van der Waals surface area contributed by atoms with Gasteiger partial charge in [-0.2, -0.15) is 0 Å². The fraction of sp³-hybridized carbons (Fsp3) is 1.00. The summed E-state index contributed by atoms with van der Waals surface area (Å²) in [6.07, 6.45) is 16.1. The van der Waals surface area contributed by atoms with Crippen LogP contribution in [0, 0.1) is 23.7 Å². The van der Waals surface area contributed by atoms with E-state index in [0.717, 1.165) is 29.7 Å². The molecule has 0 saturated heterocycles. The Labute approximate surface area is 181 Å². The van der Waals surface area contributed by atoms with Crippen LogP contribution in [0.15, 0.2) is 0 Å². The summed E-state index contributed by atoms with van der Waals surface area (Å²) >= 11 is 0. The first-order valence-corrected chi connectivity index (χ1v) is 13.1. The van der Waals surface area contributed by atoms with E-state index in [9.17, 15) is 0 Å². The molecule has 2 atom stereocenters. The van der Waals surface area contributed by atoms with Gasteiger partial charge in [-0.15, -0.1) is 0 Å². The summed E-state index contributed by atoms with van der Waals surface area (Å²) in [7, 11) is 0. The van der Waals surface area contributed by atoms with E-state index in [4.69, 9.17) is 0 Å². The normalized spacial score (nSPS) is 22.6. The van der Waals surface area contributed by atoms with Crippen molar-refractivity contribution < 1.29 is 0 Å². The zero-order chi connectivity index (χ0) is 21.9. The zero-order valence-corrected chi connectivity index (χ0v) is 21.7. The van der Waals surface area contributed by atoms with E-state index in [0.29, 0.717) is 6.04 Å². The minimum Gasteiger partial charge on any atom is -0.312 e. The highest BCUT2D eigenvalue weighted by atomic mass is 14.9. The average Bonchev–Trinajstić information content (AvgIpc) is 2.67. The van der Waals surface area contributed by atoms with Crippen molar-refractivity contribution in [1.29, 1.82) is 0 Å². The van der Waals surface area contributed by atoms with Crippen LogP contribution in [-0.4, -0.2) is 12.1 Å². The smallest absolute Gasteiger partial charge is 0.00977 e. The lowest BCUT2D eigenvalue weighted by Crippen LogP contribution is -2.42. The summed E-state index contributed by atoms with van der Waals surface area (Å²) in [4.78, 5) is 0. The summed E-state index contributed by atoms with van der Waals surface area (Å²) in [5.74, 6) is 3.79. The summed E-state index contributed by atoms with van der Waals surface area (Å²) in [6, 6.07) is 1.44. The monoisotopic (exact) mass is 397 g/mol. The van der Waals surface area contributed by atoms with Gasteiger partial charge in [-0.3, -0.25) is 0 Å². The van der Waals surface area contributed by atoms with Gasteiger partial charge in [0.2, 0.25) is 0 Å². The van der Waals surface area contributed by atoms with Gasteiger partial charge in [0.1, 0.15) is 0 Å². The molecular formula is C27H59N. The maximum absolute atomic E-state index is 3.74. The van der Waals surface area contributed by atoms with Gasteiger partial charge in [0.05, 0.1) is 0 Å². The predicted molar refractivity (Wildman–Crippen MR) is 132 cm³/mol. The van der Waals surface area contributed by atoms with Crippen LogP contribution in [0.3, 0.4) is 0 Å². The lowest BCUT2D eigenvalue weighted by molar-refractivity contribution is 0.219. The lowest BCUT2D eigenvalue weighted by atomic mass is 9.79. The van der Waals surface area contributed by atoms with Gasteiger partial charge in [0.25, 0.3) is 0 Å². The molecule has 2 fully saturated rings. The van der Waals surface area contributed by atoms with Crippen molar-refractivity contribution in [1.82, 2.24) is 5.32 Å². The van der Waals surface area contributed by atoms with Gasteiger partial charge in [-0.05, 0) is 49.4 Å². The van der Waals surface area contributed by atoms with Crippen molar-refractivity contribution in [2.45, 2.75) is 152 Å². The van der Waals surface area contributed by atoms with Gasteiger partial charge in [0.15, 0.2) is 0 Å². The highest BCUT2D eigenvalue weighted by Gasteiger charge is 2.25. The number of rotatable bonds is 6. The summed E-state index contributed by atoms with van der Waals surface area (Å²) in [5, 5.41) is 3.74. The summed E-state index contributed by atoms with van der Waals surface area (Å²) in [6.45, 7) is 21.9. The zero-order valence-electron chi connectivity index (χ0n) is 21.7. The molecule has 0 aromatic rings. The Balaban J connectivity index is 0. The molecule has 1 N–H and O–H groups in total. The van der Waals surface area contributed by atoms with Gasteiger partial charge >= 0.3 is 0 Å². The molecule has 0 bridgehead atoms. The molecule has 0 heterocycles. The molecule has 2 aliphatic rings. The van der Waals surface area contributed by atoms with E-state index in [1.165, 1.54) is 70.6 Å². The van der Waals surface area contributed by atoms with Crippen LogP contribution in [0.1, 0.15) is 140 Å². The van der Waals surface area contributed by atoms with Crippen molar-refractivity contribution in [3.05, 3.63) is 0 Å². The van der Waals surface area contributed by atoms with E-state index in [2.05, 4.69) is 46.9 Å². The van der Waals surface area contributed by atoms with E-state index >= 15 is 0 Å². The van der Waals surface area contributed by atoms with Crippen LogP contribution in [-0.2, 0) is 0 Å². The molecule has 2 rings (SSSR count). The second-order valence-corrected chi connectivity index (χ2v) is 9.74. The second kappa shape index (κ2) is 20.2. The molecule has 0 spiro atoms. The maximum atomic E-state index is 3.74. The van der Waals surface area contributed by atoms with Crippen LogP contribution >= 0.6 is 0 Å². The fourth-order valence-corrected chi connectivity index (χ4v) is 4.83. The van der Waals surface area contributed by atoms with Gasteiger partial charge < -0.3 is 5.32 Å². The van der Waals surface area contributed by atoms with Crippen molar-refractivity contribution >= 4 is 0 Å². The Morgan fingerprint density at radius 1 is 0.607 bits per heavy atom. The van der Waals surface area contributed by atoms with Crippen LogP contribution in [0.25, 0.3) is 0 Å². The molecule has 0 aliphatic heterocycles. The Morgan fingerprint density at radius 3 is 1.54 bits per heavy atom. The van der Waals surface area contributed by atoms with Gasteiger partial charge in [-0.25, -0.2) is 0 Å². The molecule has 1 nitrogen and oxygen atoms in total. The Kier molecular flexibility index (Phi) is 21.8. The van der Waals surface area contributed by atoms with E-state index in [-0.39, 0.29) is 0 Å². The summed E-state index contributed by atoms with van der Waals surface area (Å²) < 4.78 is 0. The van der Waals surface area contributed by atoms with Crippen LogP contribution in [0.4, 0.5) is 0 Å². The molecule has 28 heavy (non-hydrogen) atoms. The molecular weight excluding hydrogens is 338 g/mol. The third-order valence-corrected chi connectivity index (χ3v) is 5.76. The minimum absolute atomic E-state index is 0.646. The number of hydrogen-bond donors (Lipinski definition) is 1.